The SMILES string of the molecule is CCCOc1ccc(CN=C(N(C)C)N(C)C)cn1. The van der Waals surface area contributed by atoms with Gasteiger partial charge >= 0.3 is 0 Å². The fourth-order valence-corrected chi connectivity index (χ4v) is 1.64. The number of ether oxygens (including phenoxy) is 1. The van der Waals surface area contributed by atoms with Crippen molar-refractivity contribution in [2.24, 2.45) is 4.99 Å². The minimum absolute atomic E-state index is 0.618. The highest BCUT2D eigenvalue weighted by molar-refractivity contribution is 5.79. The lowest BCUT2D eigenvalue weighted by Crippen LogP contribution is -2.35. The van der Waals surface area contributed by atoms with Crippen molar-refractivity contribution >= 4 is 5.96 Å². The van der Waals surface area contributed by atoms with Gasteiger partial charge in [0, 0.05) is 40.5 Å². The molecule has 106 valence electrons. The molecule has 0 amide bonds. The van der Waals surface area contributed by atoms with Crippen LogP contribution in [0.4, 0.5) is 0 Å². The van der Waals surface area contributed by atoms with E-state index in [2.05, 4.69) is 16.9 Å². The van der Waals surface area contributed by atoms with Crippen molar-refractivity contribution in [3.63, 3.8) is 0 Å². The monoisotopic (exact) mass is 264 g/mol. The Bertz CT molecular complexity index is 388. The van der Waals surface area contributed by atoms with Gasteiger partial charge in [-0.25, -0.2) is 9.98 Å². The summed E-state index contributed by atoms with van der Waals surface area (Å²) in [5.41, 5.74) is 1.07. The van der Waals surface area contributed by atoms with Gasteiger partial charge in [-0.2, -0.15) is 0 Å². The molecule has 5 heteroatoms. The summed E-state index contributed by atoms with van der Waals surface area (Å²) in [6, 6.07) is 3.90. The van der Waals surface area contributed by atoms with E-state index in [4.69, 9.17) is 4.74 Å². The Morgan fingerprint density at radius 2 is 1.89 bits per heavy atom. The van der Waals surface area contributed by atoms with Gasteiger partial charge in [-0.3, -0.25) is 0 Å². The molecule has 0 aromatic carbocycles. The van der Waals surface area contributed by atoms with Crippen LogP contribution in [0, 0.1) is 0 Å². The van der Waals surface area contributed by atoms with Gasteiger partial charge in [0.2, 0.25) is 5.88 Å². The second kappa shape index (κ2) is 7.61. The highest BCUT2D eigenvalue weighted by Gasteiger charge is 2.04. The number of aliphatic imine (C=N–C) groups is 1. The molecule has 0 fully saturated rings. The molecule has 0 atom stereocenters. The second-order valence-corrected chi connectivity index (χ2v) is 4.76. The molecule has 0 radical (unpaired) electrons. The van der Waals surface area contributed by atoms with Crippen LogP contribution in [-0.2, 0) is 6.54 Å². The molecule has 0 saturated carbocycles. The average Bonchev–Trinajstić information content (AvgIpc) is 2.37. The van der Waals surface area contributed by atoms with Gasteiger partial charge in [0.05, 0.1) is 13.2 Å². The van der Waals surface area contributed by atoms with Gasteiger partial charge in [-0.15, -0.1) is 0 Å². The minimum atomic E-state index is 0.618. The van der Waals surface area contributed by atoms with Crippen LogP contribution in [0.2, 0.25) is 0 Å². The zero-order valence-corrected chi connectivity index (χ0v) is 12.6. The molecule has 0 N–H and O–H groups in total. The van der Waals surface area contributed by atoms with E-state index in [-0.39, 0.29) is 0 Å². The maximum absolute atomic E-state index is 5.45. The smallest absolute Gasteiger partial charge is 0.213 e. The molecular weight excluding hydrogens is 240 g/mol. The van der Waals surface area contributed by atoms with Crippen molar-refractivity contribution < 1.29 is 4.74 Å². The Labute approximate surface area is 115 Å². The van der Waals surface area contributed by atoms with Crippen molar-refractivity contribution in [2.75, 3.05) is 34.8 Å². The molecule has 0 unspecified atom stereocenters. The third-order valence-electron chi connectivity index (χ3n) is 2.45. The van der Waals surface area contributed by atoms with Crippen LogP contribution < -0.4 is 4.74 Å². The third-order valence-corrected chi connectivity index (χ3v) is 2.45. The van der Waals surface area contributed by atoms with Crippen LogP contribution in [0.1, 0.15) is 18.9 Å². The van der Waals surface area contributed by atoms with E-state index in [9.17, 15) is 0 Å². The number of nitrogens with zero attached hydrogens (tertiary/aromatic N) is 4. The summed E-state index contributed by atoms with van der Waals surface area (Å²) >= 11 is 0. The first kappa shape index (κ1) is 15.3. The van der Waals surface area contributed by atoms with Crippen LogP contribution in [0.15, 0.2) is 23.3 Å². The zero-order valence-electron chi connectivity index (χ0n) is 12.6. The first-order valence-corrected chi connectivity index (χ1v) is 6.51. The van der Waals surface area contributed by atoms with Crippen LogP contribution in [0.25, 0.3) is 0 Å². The zero-order chi connectivity index (χ0) is 14.3. The first-order valence-electron chi connectivity index (χ1n) is 6.51. The normalized spacial score (nSPS) is 9.95. The second-order valence-electron chi connectivity index (χ2n) is 4.76. The third kappa shape index (κ3) is 5.16. The molecule has 0 saturated heterocycles. The van der Waals surface area contributed by atoms with Crippen LogP contribution in [-0.4, -0.2) is 55.5 Å². The van der Waals surface area contributed by atoms with E-state index in [0.717, 1.165) is 17.9 Å². The Hall–Kier alpha value is -1.78. The summed E-state index contributed by atoms with van der Waals surface area (Å²) in [7, 11) is 7.94. The molecule has 1 aromatic heterocycles. The Morgan fingerprint density at radius 3 is 2.37 bits per heavy atom. The summed E-state index contributed by atoms with van der Waals surface area (Å²) in [4.78, 5) is 12.8. The Balaban J connectivity index is 2.64. The Kier molecular flexibility index (Phi) is 6.12. The highest BCUT2D eigenvalue weighted by Crippen LogP contribution is 2.09. The van der Waals surface area contributed by atoms with Gasteiger partial charge in [0.15, 0.2) is 5.96 Å². The molecule has 5 nitrogen and oxygen atoms in total. The molecule has 0 aliphatic heterocycles. The van der Waals surface area contributed by atoms with Crippen LogP contribution >= 0.6 is 0 Å². The molecule has 0 aliphatic carbocycles. The number of aromatic nitrogens is 1. The van der Waals surface area contributed by atoms with Crippen molar-refractivity contribution in [1.82, 2.24) is 14.8 Å². The number of hydrogen-bond acceptors (Lipinski definition) is 3. The average molecular weight is 264 g/mol. The lowest BCUT2D eigenvalue weighted by molar-refractivity contribution is 0.305. The molecule has 0 spiro atoms. The van der Waals surface area contributed by atoms with E-state index < -0.39 is 0 Å². The van der Waals surface area contributed by atoms with E-state index in [1.54, 1.807) is 0 Å². The van der Waals surface area contributed by atoms with Crippen molar-refractivity contribution in [3.8, 4) is 5.88 Å². The van der Waals surface area contributed by atoms with Gasteiger partial charge in [-0.05, 0) is 12.0 Å². The fraction of sp³-hybridized carbons (Fsp3) is 0.571. The predicted molar refractivity (Wildman–Crippen MR) is 78.5 cm³/mol. The number of rotatable bonds is 5. The van der Waals surface area contributed by atoms with Crippen molar-refractivity contribution in [2.45, 2.75) is 19.9 Å². The van der Waals surface area contributed by atoms with Gasteiger partial charge in [-0.1, -0.05) is 13.0 Å². The highest BCUT2D eigenvalue weighted by atomic mass is 16.5. The molecule has 1 rings (SSSR count). The number of guanidine groups is 1. The van der Waals surface area contributed by atoms with Crippen LogP contribution in [0.5, 0.6) is 5.88 Å². The topological polar surface area (TPSA) is 41.0 Å². The lowest BCUT2D eigenvalue weighted by Gasteiger charge is -2.22. The summed E-state index contributed by atoms with van der Waals surface area (Å²) in [5.74, 6) is 1.61. The van der Waals surface area contributed by atoms with Crippen molar-refractivity contribution in [3.05, 3.63) is 23.9 Å². The Morgan fingerprint density at radius 1 is 1.21 bits per heavy atom. The van der Waals surface area contributed by atoms with Gasteiger partial charge in [0.25, 0.3) is 0 Å². The molecule has 0 aliphatic rings. The lowest BCUT2D eigenvalue weighted by atomic mass is 10.3. The van der Waals surface area contributed by atoms with Gasteiger partial charge in [0.1, 0.15) is 0 Å². The van der Waals surface area contributed by atoms with Crippen LogP contribution in [0.3, 0.4) is 0 Å². The quantitative estimate of drug-likeness (QED) is 0.601. The maximum Gasteiger partial charge on any atom is 0.213 e. The fourth-order valence-electron chi connectivity index (χ4n) is 1.64. The largest absolute Gasteiger partial charge is 0.478 e. The maximum atomic E-state index is 5.45. The number of pyridine rings is 1. The first-order chi connectivity index (χ1) is 9.04. The molecule has 19 heavy (non-hydrogen) atoms. The van der Waals surface area contributed by atoms with E-state index >= 15 is 0 Å². The summed E-state index contributed by atoms with van der Waals surface area (Å²) < 4.78 is 5.45. The molecule has 0 bridgehead atoms. The summed E-state index contributed by atoms with van der Waals surface area (Å²) in [6.45, 7) is 3.40. The van der Waals surface area contributed by atoms with Gasteiger partial charge < -0.3 is 14.5 Å². The van der Waals surface area contributed by atoms with Crippen molar-refractivity contribution in [1.29, 1.82) is 0 Å². The number of hydrogen-bond donors (Lipinski definition) is 0. The van der Waals surface area contributed by atoms with E-state index in [0.29, 0.717) is 19.0 Å². The standard InChI is InChI=1S/C14H24N4O/c1-6-9-19-13-8-7-12(10-15-13)11-16-14(17(2)3)18(4)5/h7-8,10H,6,9,11H2,1-5H3. The molecule has 1 heterocycles. The predicted octanol–water partition coefficient (Wildman–Crippen LogP) is 1.85. The van der Waals surface area contributed by atoms with E-state index in [1.807, 2.05) is 56.3 Å². The minimum Gasteiger partial charge on any atom is -0.478 e. The molecular formula is C14H24N4O. The summed E-state index contributed by atoms with van der Waals surface area (Å²) in [5, 5.41) is 0. The molecule has 1 aromatic rings. The van der Waals surface area contributed by atoms with E-state index in [1.165, 1.54) is 0 Å². The summed E-state index contributed by atoms with van der Waals surface area (Å²) in [6.07, 6.45) is 2.81.